The van der Waals surface area contributed by atoms with Gasteiger partial charge in [-0.3, -0.25) is 0 Å². The van der Waals surface area contributed by atoms with Gasteiger partial charge in [-0.05, 0) is 0 Å². The van der Waals surface area contributed by atoms with Crippen LogP contribution in [0.2, 0.25) is 0 Å². The van der Waals surface area contributed by atoms with Gasteiger partial charge in [0.15, 0.2) is 12.7 Å². The van der Waals surface area contributed by atoms with Gasteiger partial charge in [0.25, 0.3) is 0 Å². The lowest BCUT2D eigenvalue weighted by atomic mass is 10.2. The van der Waals surface area contributed by atoms with Crippen LogP contribution in [-0.4, -0.2) is 5.10 Å². The molecular weight excluding hydrogens is 112 g/mol. The predicted octanol–water partition coefficient (Wildman–Crippen LogP) is 0.958. The monoisotopic (exact) mass is 125 g/mol. The van der Waals surface area contributed by atoms with E-state index in [1.54, 1.807) is 0 Å². The molecule has 9 heavy (non-hydrogen) atoms. The van der Waals surface area contributed by atoms with Gasteiger partial charge < -0.3 is 0 Å². The Morgan fingerprint density at radius 3 is 2.78 bits per heavy atom. The van der Waals surface area contributed by atoms with Crippen LogP contribution in [0.5, 0.6) is 0 Å². The van der Waals surface area contributed by atoms with E-state index in [1.807, 2.05) is 18.5 Å². The molecule has 0 saturated carbocycles. The van der Waals surface area contributed by atoms with E-state index in [0.717, 1.165) is 6.54 Å². The fourth-order valence-electron chi connectivity index (χ4n) is 0.836. The Hall–Kier alpha value is -0.790. The van der Waals surface area contributed by atoms with Gasteiger partial charge in [0.1, 0.15) is 0 Å². The summed E-state index contributed by atoms with van der Waals surface area (Å²) in [4.78, 5) is 0. The van der Waals surface area contributed by atoms with Crippen molar-refractivity contribution in [3.8, 4) is 0 Å². The van der Waals surface area contributed by atoms with Crippen molar-refractivity contribution >= 4 is 0 Å². The number of aromatic amines is 1. The maximum Gasteiger partial charge on any atom is 0.195 e. The molecule has 2 heteroatoms. The van der Waals surface area contributed by atoms with E-state index in [4.69, 9.17) is 0 Å². The third-order valence-corrected chi connectivity index (χ3v) is 1.16. The molecule has 0 radical (unpaired) electrons. The van der Waals surface area contributed by atoms with Gasteiger partial charge in [0.2, 0.25) is 0 Å². The highest BCUT2D eigenvalue weighted by molar-refractivity contribution is 4.67. The first-order valence-corrected chi connectivity index (χ1v) is 3.32. The Kier molecular flexibility index (Phi) is 1.88. The quantitative estimate of drug-likeness (QED) is 0.568. The zero-order valence-corrected chi connectivity index (χ0v) is 5.96. The van der Waals surface area contributed by atoms with Gasteiger partial charge in [-0.15, -0.1) is 4.68 Å². The minimum Gasteiger partial charge on any atom is -0.173 e. The fourth-order valence-corrected chi connectivity index (χ4v) is 0.836. The summed E-state index contributed by atoms with van der Waals surface area (Å²) in [5.74, 6) is 0.716. The molecule has 0 spiro atoms. The molecule has 1 aromatic rings. The molecule has 2 nitrogen and oxygen atoms in total. The van der Waals surface area contributed by atoms with Crippen molar-refractivity contribution in [1.29, 1.82) is 0 Å². The van der Waals surface area contributed by atoms with Crippen LogP contribution in [-0.2, 0) is 6.54 Å². The molecule has 1 rings (SSSR count). The molecule has 0 aliphatic carbocycles. The van der Waals surface area contributed by atoms with Crippen LogP contribution in [0.15, 0.2) is 18.5 Å². The highest BCUT2D eigenvalue weighted by Crippen LogP contribution is 1.88. The predicted molar refractivity (Wildman–Crippen MR) is 35.8 cm³/mol. The van der Waals surface area contributed by atoms with Crippen molar-refractivity contribution in [2.45, 2.75) is 20.4 Å². The first kappa shape index (κ1) is 6.33. The van der Waals surface area contributed by atoms with Crippen molar-refractivity contribution in [2.75, 3.05) is 0 Å². The minimum atomic E-state index is 0.716. The molecule has 0 aromatic carbocycles. The van der Waals surface area contributed by atoms with Crippen LogP contribution in [0, 0.1) is 5.92 Å². The fraction of sp³-hybridized carbons (Fsp3) is 0.571. The summed E-state index contributed by atoms with van der Waals surface area (Å²) in [5.41, 5.74) is 0. The second-order valence-electron chi connectivity index (χ2n) is 2.68. The van der Waals surface area contributed by atoms with Gasteiger partial charge in [-0.1, -0.05) is 13.8 Å². The molecular formula is C7H13N2+. The normalized spacial score (nSPS) is 10.6. The van der Waals surface area contributed by atoms with Crippen LogP contribution in [0.4, 0.5) is 0 Å². The topological polar surface area (TPSA) is 19.7 Å². The maximum atomic E-state index is 3.09. The average Bonchev–Trinajstić information content (AvgIpc) is 2.15. The standard InChI is InChI=1S/C7H12N2/c1-7(2)6-9-5-3-4-8-9/h3-5,7H,6H2,1-2H3/p+1. The van der Waals surface area contributed by atoms with Crippen LogP contribution in [0.25, 0.3) is 0 Å². The molecule has 0 fully saturated rings. The summed E-state index contributed by atoms with van der Waals surface area (Å²) < 4.78 is 2.07. The lowest BCUT2D eigenvalue weighted by Gasteiger charge is -1.93. The lowest BCUT2D eigenvalue weighted by Crippen LogP contribution is -2.36. The highest BCUT2D eigenvalue weighted by Gasteiger charge is 2.01. The number of nitrogens with one attached hydrogen (secondary N) is 1. The molecule has 0 amide bonds. The van der Waals surface area contributed by atoms with Crippen molar-refractivity contribution < 1.29 is 4.68 Å². The SMILES string of the molecule is CC(C)C[n+]1ccc[nH]1. The van der Waals surface area contributed by atoms with E-state index in [9.17, 15) is 0 Å². The van der Waals surface area contributed by atoms with E-state index in [0.29, 0.717) is 5.92 Å². The van der Waals surface area contributed by atoms with Gasteiger partial charge in [0, 0.05) is 12.0 Å². The molecule has 0 saturated heterocycles. The second kappa shape index (κ2) is 2.67. The van der Waals surface area contributed by atoms with Crippen molar-refractivity contribution in [2.24, 2.45) is 5.92 Å². The van der Waals surface area contributed by atoms with Crippen LogP contribution in [0.3, 0.4) is 0 Å². The van der Waals surface area contributed by atoms with E-state index >= 15 is 0 Å². The average molecular weight is 125 g/mol. The smallest absolute Gasteiger partial charge is 0.173 e. The summed E-state index contributed by atoms with van der Waals surface area (Å²) in [5, 5.41) is 3.09. The number of H-pyrrole nitrogens is 1. The Balaban J connectivity index is 2.48. The van der Waals surface area contributed by atoms with E-state index in [2.05, 4.69) is 23.6 Å². The van der Waals surface area contributed by atoms with Crippen molar-refractivity contribution in [1.82, 2.24) is 5.10 Å². The van der Waals surface area contributed by atoms with Crippen LogP contribution < -0.4 is 4.68 Å². The van der Waals surface area contributed by atoms with Crippen LogP contribution >= 0.6 is 0 Å². The molecule has 0 aliphatic rings. The summed E-state index contributed by atoms with van der Waals surface area (Å²) in [6, 6.07) is 2.00. The van der Waals surface area contributed by atoms with E-state index < -0.39 is 0 Å². The van der Waals surface area contributed by atoms with Gasteiger partial charge in [0.05, 0.1) is 6.20 Å². The third-order valence-electron chi connectivity index (χ3n) is 1.16. The molecule has 50 valence electrons. The Morgan fingerprint density at radius 1 is 1.56 bits per heavy atom. The first-order valence-electron chi connectivity index (χ1n) is 3.32. The lowest BCUT2D eigenvalue weighted by molar-refractivity contribution is -0.754. The minimum absolute atomic E-state index is 0.716. The maximum absolute atomic E-state index is 3.09. The van der Waals surface area contributed by atoms with Gasteiger partial charge >= 0.3 is 0 Å². The summed E-state index contributed by atoms with van der Waals surface area (Å²) in [6.45, 7) is 5.48. The number of nitrogens with zero attached hydrogens (tertiary/aromatic N) is 1. The van der Waals surface area contributed by atoms with Crippen LogP contribution in [0.1, 0.15) is 13.8 Å². The van der Waals surface area contributed by atoms with Crippen molar-refractivity contribution in [3.05, 3.63) is 18.5 Å². The molecule has 1 aromatic heterocycles. The second-order valence-corrected chi connectivity index (χ2v) is 2.68. The van der Waals surface area contributed by atoms with Crippen molar-refractivity contribution in [3.63, 3.8) is 0 Å². The van der Waals surface area contributed by atoms with Gasteiger partial charge in [-0.25, -0.2) is 0 Å². The molecule has 0 bridgehead atoms. The summed E-state index contributed by atoms with van der Waals surface area (Å²) >= 11 is 0. The number of hydrogen-bond acceptors (Lipinski definition) is 0. The molecule has 0 unspecified atom stereocenters. The first-order chi connectivity index (χ1) is 4.29. The Labute approximate surface area is 55.5 Å². The van der Waals surface area contributed by atoms with Gasteiger partial charge in [-0.2, -0.15) is 5.10 Å². The molecule has 1 N–H and O–H groups in total. The molecule has 0 aliphatic heterocycles. The number of rotatable bonds is 2. The molecule has 0 atom stereocenters. The third kappa shape index (κ3) is 1.88. The van der Waals surface area contributed by atoms with E-state index in [1.165, 1.54) is 0 Å². The Morgan fingerprint density at radius 2 is 2.33 bits per heavy atom. The largest absolute Gasteiger partial charge is 0.195 e. The zero-order valence-electron chi connectivity index (χ0n) is 5.96. The summed E-state index contributed by atoms with van der Waals surface area (Å²) in [6.07, 6.45) is 3.97. The number of aromatic nitrogens is 2. The molecule has 1 heterocycles. The van der Waals surface area contributed by atoms with E-state index in [-0.39, 0.29) is 0 Å². The zero-order chi connectivity index (χ0) is 6.69. The Bertz CT molecular complexity index is 153. The highest BCUT2D eigenvalue weighted by atomic mass is 15.3. The summed E-state index contributed by atoms with van der Waals surface area (Å²) in [7, 11) is 0. The number of hydrogen-bond donors (Lipinski definition) is 1.